The first-order valence-corrected chi connectivity index (χ1v) is 5.60. The molecule has 4 N–H and O–H groups in total. The first-order chi connectivity index (χ1) is 9.08. The first-order valence-electron chi connectivity index (χ1n) is 5.60. The third kappa shape index (κ3) is 2.95. The number of nitrogens with two attached hydrogens (primary N) is 1. The van der Waals surface area contributed by atoms with Gasteiger partial charge in [-0.3, -0.25) is 0 Å². The smallest absolute Gasteiger partial charge is 0.335 e. The molecule has 0 atom stereocenters. The molecule has 0 aliphatic carbocycles. The van der Waals surface area contributed by atoms with Gasteiger partial charge in [0.1, 0.15) is 23.8 Å². The molecule has 0 aliphatic heterocycles. The summed E-state index contributed by atoms with van der Waals surface area (Å²) in [5.74, 6) is -0.606. The molecular formula is C14H13NO4. The van der Waals surface area contributed by atoms with Crippen LogP contribution in [0.3, 0.4) is 0 Å². The molecule has 5 heteroatoms. The van der Waals surface area contributed by atoms with Crippen molar-refractivity contribution >= 4 is 11.7 Å². The van der Waals surface area contributed by atoms with Crippen molar-refractivity contribution in [2.75, 3.05) is 5.73 Å². The Morgan fingerprint density at radius 1 is 1.16 bits per heavy atom. The highest BCUT2D eigenvalue weighted by Crippen LogP contribution is 2.30. The number of para-hydroxylation sites is 1. The van der Waals surface area contributed by atoms with Gasteiger partial charge in [-0.05, 0) is 29.8 Å². The number of carboxylic acid groups (broad SMARTS) is 1. The zero-order chi connectivity index (χ0) is 13.8. The number of hydrogen-bond donors (Lipinski definition) is 3. The molecule has 0 fully saturated rings. The highest BCUT2D eigenvalue weighted by atomic mass is 16.5. The van der Waals surface area contributed by atoms with Crippen molar-refractivity contribution in [3.05, 3.63) is 53.6 Å². The molecule has 2 aromatic rings. The van der Waals surface area contributed by atoms with Gasteiger partial charge in [0.2, 0.25) is 0 Å². The molecule has 0 spiro atoms. The van der Waals surface area contributed by atoms with E-state index in [-0.39, 0.29) is 23.6 Å². The van der Waals surface area contributed by atoms with Gasteiger partial charge in [0.15, 0.2) is 0 Å². The molecule has 0 heterocycles. The predicted molar refractivity (Wildman–Crippen MR) is 70.3 cm³/mol. The lowest BCUT2D eigenvalue weighted by Crippen LogP contribution is -2.00. The highest BCUT2D eigenvalue weighted by Gasteiger charge is 2.06. The number of phenols is 1. The molecule has 0 radical (unpaired) electrons. The molecule has 98 valence electrons. The second-order valence-electron chi connectivity index (χ2n) is 3.98. The van der Waals surface area contributed by atoms with E-state index in [2.05, 4.69) is 0 Å². The monoisotopic (exact) mass is 259 g/mol. The standard InChI is InChI=1S/C14H13NO4/c15-13-11(16)2-1-3-12(13)19-8-9-4-6-10(7-5-9)14(17)18/h1-7,16H,8,15H2,(H,17,18). The lowest BCUT2D eigenvalue weighted by Gasteiger charge is -2.09. The van der Waals surface area contributed by atoms with Crippen LogP contribution >= 0.6 is 0 Å². The minimum Gasteiger partial charge on any atom is -0.506 e. The molecule has 0 saturated heterocycles. The highest BCUT2D eigenvalue weighted by molar-refractivity contribution is 5.87. The summed E-state index contributed by atoms with van der Waals surface area (Å²) in [4.78, 5) is 10.7. The third-order valence-corrected chi connectivity index (χ3v) is 2.64. The number of rotatable bonds is 4. The first kappa shape index (κ1) is 12.8. The van der Waals surface area contributed by atoms with E-state index in [1.165, 1.54) is 18.2 Å². The Hall–Kier alpha value is -2.69. The van der Waals surface area contributed by atoms with Crippen molar-refractivity contribution < 1.29 is 19.7 Å². The summed E-state index contributed by atoms with van der Waals surface area (Å²) in [6, 6.07) is 11.1. The molecule has 0 amide bonds. The van der Waals surface area contributed by atoms with Gasteiger partial charge in [-0.1, -0.05) is 18.2 Å². The zero-order valence-corrected chi connectivity index (χ0v) is 10.0. The van der Waals surface area contributed by atoms with Crippen LogP contribution in [0.2, 0.25) is 0 Å². The molecule has 0 aromatic heterocycles. The number of aromatic hydroxyl groups is 1. The zero-order valence-electron chi connectivity index (χ0n) is 10.0. The number of ether oxygens (including phenoxy) is 1. The summed E-state index contributed by atoms with van der Waals surface area (Å²) in [5, 5.41) is 18.2. The van der Waals surface area contributed by atoms with Gasteiger partial charge in [-0.25, -0.2) is 4.79 Å². The predicted octanol–water partition coefficient (Wildman–Crippen LogP) is 2.25. The van der Waals surface area contributed by atoms with Crippen molar-refractivity contribution in [1.29, 1.82) is 0 Å². The van der Waals surface area contributed by atoms with E-state index in [4.69, 9.17) is 15.6 Å². The average Bonchev–Trinajstić information content (AvgIpc) is 2.41. The van der Waals surface area contributed by atoms with Gasteiger partial charge in [0.25, 0.3) is 0 Å². The largest absolute Gasteiger partial charge is 0.506 e. The lowest BCUT2D eigenvalue weighted by molar-refractivity contribution is 0.0697. The molecule has 0 aliphatic rings. The van der Waals surface area contributed by atoms with Crippen molar-refractivity contribution in [2.24, 2.45) is 0 Å². The van der Waals surface area contributed by atoms with Crippen LogP contribution < -0.4 is 10.5 Å². The Kier molecular flexibility index (Phi) is 3.56. The Morgan fingerprint density at radius 3 is 2.47 bits per heavy atom. The fourth-order valence-corrected chi connectivity index (χ4v) is 1.56. The van der Waals surface area contributed by atoms with Crippen molar-refractivity contribution in [3.8, 4) is 11.5 Å². The van der Waals surface area contributed by atoms with Crippen LogP contribution in [0.1, 0.15) is 15.9 Å². The minimum absolute atomic E-state index is 0.0290. The van der Waals surface area contributed by atoms with Gasteiger partial charge < -0.3 is 20.7 Å². The Balaban J connectivity index is 2.06. The van der Waals surface area contributed by atoms with E-state index < -0.39 is 5.97 Å². The van der Waals surface area contributed by atoms with Crippen molar-refractivity contribution in [3.63, 3.8) is 0 Å². The molecule has 19 heavy (non-hydrogen) atoms. The van der Waals surface area contributed by atoms with Crippen LogP contribution in [0, 0.1) is 0 Å². The van der Waals surface area contributed by atoms with Crippen LogP contribution in [0.25, 0.3) is 0 Å². The number of hydrogen-bond acceptors (Lipinski definition) is 4. The number of benzene rings is 2. The number of carbonyl (C=O) groups is 1. The fourth-order valence-electron chi connectivity index (χ4n) is 1.56. The van der Waals surface area contributed by atoms with Gasteiger partial charge in [-0.2, -0.15) is 0 Å². The van der Waals surface area contributed by atoms with E-state index in [1.807, 2.05) is 0 Å². The molecule has 0 unspecified atom stereocenters. The van der Waals surface area contributed by atoms with Crippen LogP contribution in [0.15, 0.2) is 42.5 Å². The molecule has 5 nitrogen and oxygen atoms in total. The Morgan fingerprint density at radius 2 is 1.84 bits per heavy atom. The summed E-state index contributed by atoms with van der Waals surface area (Å²) in [6.45, 7) is 0.244. The summed E-state index contributed by atoms with van der Waals surface area (Å²) in [6.07, 6.45) is 0. The number of phenolic OH excluding ortho intramolecular Hbond substituents is 1. The van der Waals surface area contributed by atoms with Gasteiger partial charge in [0, 0.05) is 0 Å². The van der Waals surface area contributed by atoms with Crippen LogP contribution in [-0.2, 0) is 6.61 Å². The molecule has 0 saturated carbocycles. The van der Waals surface area contributed by atoms with E-state index in [0.29, 0.717) is 5.75 Å². The maximum Gasteiger partial charge on any atom is 0.335 e. The topological polar surface area (TPSA) is 92.8 Å². The number of anilines is 1. The summed E-state index contributed by atoms with van der Waals surface area (Å²) >= 11 is 0. The van der Waals surface area contributed by atoms with E-state index in [0.717, 1.165) is 5.56 Å². The normalized spacial score (nSPS) is 10.1. The number of nitrogen functional groups attached to an aromatic ring is 1. The minimum atomic E-state index is -0.968. The molecule has 0 bridgehead atoms. The van der Waals surface area contributed by atoms with E-state index in [9.17, 15) is 9.90 Å². The van der Waals surface area contributed by atoms with Gasteiger partial charge >= 0.3 is 5.97 Å². The Labute approximate surface area is 109 Å². The lowest BCUT2D eigenvalue weighted by atomic mass is 10.1. The quantitative estimate of drug-likeness (QED) is 0.578. The van der Waals surface area contributed by atoms with Crippen LogP contribution in [0.4, 0.5) is 5.69 Å². The number of aromatic carboxylic acids is 1. The molecule has 2 rings (SSSR count). The van der Waals surface area contributed by atoms with Crippen molar-refractivity contribution in [2.45, 2.75) is 6.61 Å². The van der Waals surface area contributed by atoms with E-state index >= 15 is 0 Å². The van der Waals surface area contributed by atoms with Crippen LogP contribution in [-0.4, -0.2) is 16.2 Å². The third-order valence-electron chi connectivity index (χ3n) is 2.64. The average molecular weight is 259 g/mol. The second-order valence-corrected chi connectivity index (χ2v) is 3.98. The molecule has 2 aromatic carbocycles. The fraction of sp³-hybridized carbons (Fsp3) is 0.0714. The maximum absolute atomic E-state index is 10.7. The number of carboxylic acids is 1. The summed E-state index contributed by atoms with van der Waals surface area (Å²) in [7, 11) is 0. The summed E-state index contributed by atoms with van der Waals surface area (Å²) < 4.78 is 5.47. The van der Waals surface area contributed by atoms with Gasteiger partial charge in [0.05, 0.1) is 5.56 Å². The van der Waals surface area contributed by atoms with Crippen LogP contribution in [0.5, 0.6) is 11.5 Å². The SMILES string of the molecule is Nc1c(O)cccc1OCc1ccc(C(=O)O)cc1. The maximum atomic E-state index is 10.7. The molecular weight excluding hydrogens is 246 g/mol. The Bertz CT molecular complexity index is 593. The van der Waals surface area contributed by atoms with Gasteiger partial charge in [-0.15, -0.1) is 0 Å². The second kappa shape index (κ2) is 5.30. The summed E-state index contributed by atoms with van der Waals surface area (Å²) in [5.41, 5.74) is 6.88. The van der Waals surface area contributed by atoms with Crippen molar-refractivity contribution in [1.82, 2.24) is 0 Å². The van der Waals surface area contributed by atoms with E-state index in [1.54, 1.807) is 24.3 Å².